The van der Waals surface area contributed by atoms with Crippen LogP contribution >= 0.6 is 0 Å². The van der Waals surface area contributed by atoms with Gasteiger partial charge in [0.2, 0.25) is 0 Å². The number of hydrogen-bond donors (Lipinski definition) is 0. The van der Waals surface area contributed by atoms with Gasteiger partial charge in [-0.1, -0.05) is 0 Å². The van der Waals surface area contributed by atoms with Crippen LogP contribution < -0.4 is 4.90 Å². The highest BCUT2D eigenvalue weighted by atomic mass is 32.2. The first-order valence-electron chi connectivity index (χ1n) is 5.88. The van der Waals surface area contributed by atoms with E-state index >= 15 is 0 Å². The van der Waals surface area contributed by atoms with E-state index in [1.165, 1.54) is 13.0 Å². The van der Waals surface area contributed by atoms with Crippen LogP contribution in [0.2, 0.25) is 0 Å². The van der Waals surface area contributed by atoms with Crippen LogP contribution in [0.5, 0.6) is 0 Å². The van der Waals surface area contributed by atoms with Gasteiger partial charge in [0.15, 0.2) is 5.78 Å². The number of hydrogen-bond acceptors (Lipinski definition) is 5. The summed E-state index contributed by atoms with van der Waals surface area (Å²) in [5.74, 6) is 0.839. The maximum Gasteiger partial charge on any atom is 0.293 e. The monoisotopic (exact) mass is 282 g/mol. The molecule has 1 fully saturated rings. The van der Waals surface area contributed by atoms with Gasteiger partial charge >= 0.3 is 0 Å². The van der Waals surface area contributed by atoms with Crippen LogP contribution in [-0.4, -0.2) is 39.5 Å². The quantitative estimate of drug-likeness (QED) is 0.475. The lowest BCUT2D eigenvalue weighted by atomic mass is 10.1. The van der Waals surface area contributed by atoms with Crippen LogP contribution in [0.4, 0.5) is 11.4 Å². The molecule has 0 bridgehead atoms. The molecule has 1 heterocycles. The number of Topliss-reactive ketones (excluding diaryl/α,β-unsaturated/α-hetero) is 1. The lowest BCUT2D eigenvalue weighted by molar-refractivity contribution is -0.384. The van der Waals surface area contributed by atoms with E-state index in [1.807, 2.05) is 4.90 Å². The first-order valence-corrected chi connectivity index (χ1v) is 7.37. The van der Waals surface area contributed by atoms with Crippen molar-refractivity contribution in [1.29, 1.82) is 0 Å². The van der Waals surface area contributed by atoms with Gasteiger partial charge in [-0.05, 0) is 19.1 Å². The normalized spacial score (nSPS) is 16.4. The van der Waals surface area contributed by atoms with Crippen molar-refractivity contribution in [3.05, 3.63) is 33.9 Å². The minimum atomic E-state index is -0.829. The molecule has 0 aromatic heterocycles. The van der Waals surface area contributed by atoms with E-state index in [0.717, 1.165) is 0 Å². The number of ketones is 1. The highest BCUT2D eigenvalue weighted by Gasteiger charge is 2.24. The largest absolute Gasteiger partial charge is 0.364 e. The molecule has 0 spiro atoms. The second kappa shape index (κ2) is 5.48. The highest BCUT2D eigenvalue weighted by Crippen LogP contribution is 2.30. The number of nitrogens with zero attached hydrogens (tertiary/aromatic N) is 2. The molecule has 0 aliphatic carbocycles. The molecule has 6 nitrogen and oxygen atoms in total. The van der Waals surface area contributed by atoms with Crippen molar-refractivity contribution in [2.75, 3.05) is 29.5 Å². The van der Waals surface area contributed by atoms with Crippen molar-refractivity contribution in [1.82, 2.24) is 0 Å². The van der Waals surface area contributed by atoms with Crippen LogP contribution in [0, 0.1) is 10.1 Å². The Morgan fingerprint density at radius 2 is 2.00 bits per heavy atom. The molecule has 1 aliphatic heterocycles. The molecular formula is C12H14N2O4S. The van der Waals surface area contributed by atoms with Crippen LogP contribution in [0.25, 0.3) is 0 Å². The molecule has 0 N–H and O–H groups in total. The fourth-order valence-corrected chi connectivity index (χ4v) is 3.09. The second-order valence-corrected chi connectivity index (χ2v) is 6.05. The summed E-state index contributed by atoms with van der Waals surface area (Å²) in [5.41, 5.74) is 0.753. The van der Waals surface area contributed by atoms with E-state index in [9.17, 15) is 19.1 Å². The van der Waals surface area contributed by atoms with E-state index in [1.54, 1.807) is 12.1 Å². The predicted molar refractivity (Wildman–Crippen MR) is 73.2 cm³/mol. The highest BCUT2D eigenvalue weighted by molar-refractivity contribution is 7.85. The Morgan fingerprint density at radius 1 is 1.37 bits per heavy atom. The number of carbonyl (C=O) groups excluding carboxylic acids is 1. The standard InChI is InChI=1S/C12H14N2O4S/c1-9(15)10-2-3-11(12(8-10)14(16)17)13-4-6-19(18)7-5-13/h2-3,8H,4-7H2,1H3. The third kappa shape index (κ3) is 2.98. The Bertz CT molecular complexity index is 549. The number of anilines is 1. The molecule has 0 radical (unpaired) electrons. The third-order valence-corrected chi connectivity index (χ3v) is 4.37. The minimum Gasteiger partial charge on any atom is -0.364 e. The van der Waals surface area contributed by atoms with Crippen molar-refractivity contribution >= 4 is 28.0 Å². The van der Waals surface area contributed by atoms with Gasteiger partial charge in [0, 0.05) is 47.0 Å². The van der Waals surface area contributed by atoms with Gasteiger partial charge in [0.05, 0.1) is 4.92 Å². The van der Waals surface area contributed by atoms with E-state index < -0.39 is 15.7 Å². The summed E-state index contributed by atoms with van der Waals surface area (Å²) in [5, 5.41) is 11.1. The lowest BCUT2D eigenvalue weighted by Crippen LogP contribution is -2.38. The van der Waals surface area contributed by atoms with Gasteiger partial charge in [0.1, 0.15) is 5.69 Å². The molecule has 19 heavy (non-hydrogen) atoms. The minimum absolute atomic E-state index is 0.0691. The SMILES string of the molecule is CC(=O)c1ccc(N2CCS(=O)CC2)c([N+](=O)[O-])c1. The van der Waals surface area contributed by atoms with E-state index in [4.69, 9.17) is 0 Å². The van der Waals surface area contributed by atoms with E-state index in [0.29, 0.717) is 35.8 Å². The Hall–Kier alpha value is -1.76. The fraction of sp³-hybridized carbons (Fsp3) is 0.417. The summed E-state index contributed by atoms with van der Waals surface area (Å²) >= 11 is 0. The van der Waals surface area contributed by atoms with Crippen LogP contribution in [0.1, 0.15) is 17.3 Å². The summed E-state index contributed by atoms with van der Waals surface area (Å²) in [7, 11) is -0.829. The lowest BCUT2D eigenvalue weighted by Gasteiger charge is -2.28. The molecule has 102 valence electrons. The molecule has 0 amide bonds. The Labute approximate surface area is 113 Å². The Morgan fingerprint density at radius 3 is 2.53 bits per heavy atom. The smallest absolute Gasteiger partial charge is 0.293 e. The van der Waals surface area contributed by atoms with Gasteiger partial charge in [0.25, 0.3) is 5.69 Å². The molecule has 1 aliphatic rings. The van der Waals surface area contributed by atoms with Crippen LogP contribution in [-0.2, 0) is 10.8 Å². The number of nitro groups is 1. The molecule has 0 unspecified atom stereocenters. The molecule has 1 aromatic rings. The third-order valence-electron chi connectivity index (χ3n) is 3.10. The van der Waals surface area contributed by atoms with Crippen molar-refractivity contribution in [3.8, 4) is 0 Å². The van der Waals surface area contributed by atoms with Gasteiger partial charge in [-0.15, -0.1) is 0 Å². The fourth-order valence-electron chi connectivity index (χ4n) is 2.03. The Kier molecular flexibility index (Phi) is 3.94. The topological polar surface area (TPSA) is 80.5 Å². The molecule has 1 aromatic carbocycles. The molecule has 2 rings (SSSR count). The summed E-state index contributed by atoms with van der Waals surface area (Å²) in [6.45, 7) is 2.45. The summed E-state index contributed by atoms with van der Waals surface area (Å²) in [6.07, 6.45) is 0. The van der Waals surface area contributed by atoms with Crippen molar-refractivity contribution < 1.29 is 13.9 Å². The first-order chi connectivity index (χ1) is 8.99. The van der Waals surface area contributed by atoms with E-state index in [2.05, 4.69) is 0 Å². The zero-order chi connectivity index (χ0) is 14.0. The molecule has 1 saturated heterocycles. The van der Waals surface area contributed by atoms with Crippen molar-refractivity contribution in [3.63, 3.8) is 0 Å². The van der Waals surface area contributed by atoms with Crippen molar-refractivity contribution in [2.45, 2.75) is 6.92 Å². The predicted octanol–water partition coefficient (Wildman–Crippen LogP) is 1.37. The van der Waals surface area contributed by atoms with Gasteiger partial charge in [-0.2, -0.15) is 0 Å². The maximum absolute atomic E-state index is 11.3. The van der Waals surface area contributed by atoms with Gasteiger partial charge in [-0.3, -0.25) is 19.1 Å². The first kappa shape index (κ1) is 13.7. The van der Waals surface area contributed by atoms with Gasteiger partial charge < -0.3 is 4.90 Å². The number of rotatable bonds is 3. The number of benzene rings is 1. The molecule has 0 saturated carbocycles. The molecular weight excluding hydrogens is 268 g/mol. The number of carbonyl (C=O) groups is 1. The van der Waals surface area contributed by atoms with Crippen LogP contribution in [0.15, 0.2) is 18.2 Å². The average molecular weight is 282 g/mol. The average Bonchev–Trinajstić information content (AvgIpc) is 2.38. The summed E-state index contributed by atoms with van der Waals surface area (Å²) in [4.78, 5) is 23.8. The maximum atomic E-state index is 11.3. The molecule has 7 heteroatoms. The zero-order valence-electron chi connectivity index (χ0n) is 10.5. The number of nitro benzene ring substituents is 1. The zero-order valence-corrected chi connectivity index (χ0v) is 11.3. The second-order valence-electron chi connectivity index (χ2n) is 4.35. The summed E-state index contributed by atoms with van der Waals surface area (Å²) in [6, 6.07) is 4.50. The summed E-state index contributed by atoms with van der Waals surface area (Å²) < 4.78 is 11.3. The van der Waals surface area contributed by atoms with E-state index in [-0.39, 0.29) is 11.5 Å². The Balaban J connectivity index is 2.36. The van der Waals surface area contributed by atoms with Crippen LogP contribution in [0.3, 0.4) is 0 Å². The molecule has 0 atom stereocenters. The van der Waals surface area contributed by atoms with Crippen molar-refractivity contribution in [2.24, 2.45) is 0 Å². The van der Waals surface area contributed by atoms with Gasteiger partial charge in [-0.25, -0.2) is 0 Å².